The van der Waals surface area contributed by atoms with E-state index in [1.165, 1.54) is 19.6 Å². The predicted molar refractivity (Wildman–Crippen MR) is 65.2 cm³/mol. The Morgan fingerprint density at radius 2 is 2.12 bits per heavy atom. The SMILES string of the molecule is COC(=O)NC(=S)Nc1nc(C(=O)OC)cs1. The standard InChI is InChI=1S/C8H9N3O4S2/c1-14-5(12)4-3-17-7(9-4)10-6(16)11-8(13)15-2/h3H,1-2H3,(H2,9,10,11,13,16). The van der Waals surface area contributed by atoms with E-state index in [4.69, 9.17) is 12.2 Å². The van der Waals surface area contributed by atoms with Crippen LogP contribution in [0.3, 0.4) is 0 Å². The molecule has 0 radical (unpaired) electrons. The second-order valence-electron chi connectivity index (χ2n) is 2.60. The first-order valence-electron chi connectivity index (χ1n) is 4.26. The third-order valence-electron chi connectivity index (χ3n) is 1.52. The van der Waals surface area contributed by atoms with Crippen LogP contribution in [0.15, 0.2) is 5.38 Å². The lowest BCUT2D eigenvalue weighted by molar-refractivity contribution is 0.0595. The van der Waals surface area contributed by atoms with Gasteiger partial charge in [-0.05, 0) is 12.2 Å². The molecule has 0 aliphatic heterocycles. The van der Waals surface area contributed by atoms with Gasteiger partial charge in [-0.3, -0.25) is 5.32 Å². The highest BCUT2D eigenvalue weighted by molar-refractivity contribution is 7.80. The molecule has 0 aromatic carbocycles. The first-order valence-corrected chi connectivity index (χ1v) is 5.55. The minimum Gasteiger partial charge on any atom is -0.464 e. The van der Waals surface area contributed by atoms with Crippen LogP contribution in [-0.4, -0.2) is 36.4 Å². The quantitative estimate of drug-likeness (QED) is 0.614. The van der Waals surface area contributed by atoms with E-state index >= 15 is 0 Å². The Hall–Kier alpha value is -1.74. The van der Waals surface area contributed by atoms with E-state index in [0.717, 1.165) is 11.3 Å². The fraction of sp³-hybridized carbons (Fsp3) is 0.250. The molecule has 7 nitrogen and oxygen atoms in total. The Kier molecular flexibility index (Phi) is 4.79. The minimum atomic E-state index is -0.688. The molecule has 0 saturated carbocycles. The number of thiocarbonyl (C=S) groups is 1. The lowest BCUT2D eigenvalue weighted by Crippen LogP contribution is -2.33. The molecule has 92 valence electrons. The van der Waals surface area contributed by atoms with Gasteiger partial charge in [0.25, 0.3) is 0 Å². The van der Waals surface area contributed by atoms with Crippen molar-refractivity contribution in [1.82, 2.24) is 10.3 Å². The topological polar surface area (TPSA) is 89.5 Å². The van der Waals surface area contributed by atoms with E-state index in [9.17, 15) is 9.59 Å². The minimum absolute atomic E-state index is 0.0302. The molecule has 0 atom stereocenters. The summed E-state index contributed by atoms with van der Waals surface area (Å²) in [5, 5.41) is 6.77. The molecule has 0 saturated heterocycles. The summed E-state index contributed by atoms with van der Waals surface area (Å²) >= 11 is 5.96. The summed E-state index contributed by atoms with van der Waals surface area (Å²) in [4.78, 5) is 25.8. The molecule has 0 spiro atoms. The van der Waals surface area contributed by atoms with Crippen LogP contribution >= 0.6 is 23.6 Å². The first-order chi connectivity index (χ1) is 8.06. The van der Waals surface area contributed by atoms with Gasteiger partial charge < -0.3 is 14.8 Å². The number of methoxy groups -OCH3 is 2. The first kappa shape index (κ1) is 13.3. The zero-order chi connectivity index (χ0) is 12.8. The van der Waals surface area contributed by atoms with Gasteiger partial charge in [0.05, 0.1) is 14.2 Å². The largest absolute Gasteiger partial charge is 0.464 e. The van der Waals surface area contributed by atoms with E-state index in [-0.39, 0.29) is 10.8 Å². The molecule has 9 heteroatoms. The van der Waals surface area contributed by atoms with Crippen LogP contribution in [0.2, 0.25) is 0 Å². The fourth-order valence-corrected chi connectivity index (χ4v) is 1.73. The molecule has 0 fully saturated rings. The van der Waals surface area contributed by atoms with Crippen molar-refractivity contribution in [2.24, 2.45) is 0 Å². The number of nitrogens with one attached hydrogen (secondary N) is 2. The van der Waals surface area contributed by atoms with Crippen molar-refractivity contribution in [2.45, 2.75) is 0 Å². The number of aromatic nitrogens is 1. The van der Waals surface area contributed by atoms with Crippen LogP contribution in [0, 0.1) is 0 Å². The predicted octanol–water partition coefficient (Wildman–Crippen LogP) is 0.983. The summed E-state index contributed by atoms with van der Waals surface area (Å²) in [5.41, 5.74) is 0.167. The van der Waals surface area contributed by atoms with Gasteiger partial charge in [-0.25, -0.2) is 14.6 Å². The maximum absolute atomic E-state index is 11.1. The Morgan fingerprint density at radius 1 is 1.41 bits per heavy atom. The van der Waals surface area contributed by atoms with Crippen molar-refractivity contribution in [1.29, 1.82) is 0 Å². The molecule has 0 aliphatic carbocycles. The van der Waals surface area contributed by atoms with E-state index in [2.05, 4.69) is 25.1 Å². The van der Waals surface area contributed by atoms with Gasteiger partial charge in [0.15, 0.2) is 15.9 Å². The van der Waals surface area contributed by atoms with Crippen LogP contribution in [0.4, 0.5) is 9.93 Å². The maximum Gasteiger partial charge on any atom is 0.413 e. The number of carbonyl (C=O) groups is 2. The lowest BCUT2D eigenvalue weighted by atomic mass is 10.5. The molecule has 1 aromatic heterocycles. The molecule has 1 aromatic rings. The maximum atomic E-state index is 11.1. The van der Waals surface area contributed by atoms with Crippen LogP contribution in [-0.2, 0) is 9.47 Å². The number of nitrogens with zero attached hydrogens (tertiary/aromatic N) is 1. The summed E-state index contributed by atoms with van der Waals surface area (Å²) in [5.74, 6) is -0.541. The van der Waals surface area contributed by atoms with Crippen molar-refractivity contribution in [2.75, 3.05) is 19.5 Å². The third kappa shape index (κ3) is 3.96. The summed E-state index contributed by atoms with van der Waals surface area (Å²) in [6, 6.07) is 0. The fourth-order valence-electron chi connectivity index (χ4n) is 0.802. The Bertz CT molecular complexity index is 446. The van der Waals surface area contributed by atoms with Crippen molar-refractivity contribution < 1.29 is 19.1 Å². The van der Waals surface area contributed by atoms with Gasteiger partial charge in [-0.1, -0.05) is 0 Å². The zero-order valence-electron chi connectivity index (χ0n) is 8.97. The van der Waals surface area contributed by atoms with Gasteiger partial charge in [-0.15, -0.1) is 11.3 Å². The highest BCUT2D eigenvalue weighted by Gasteiger charge is 2.12. The van der Waals surface area contributed by atoms with Gasteiger partial charge in [0.2, 0.25) is 0 Å². The molecule has 0 aliphatic rings. The van der Waals surface area contributed by atoms with Crippen molar-refractivity contribution >= 4 is 45.9 Å². The lowest BCUT2D eigenvalue weighted by Gasteiger charge is -2.04. The molecule has 17 heavy (non-hydrogen) atoms. The number of hydrogen-bond acceptors (Lipinski definition) is 7. The van der Waals surface area contributed by atoms with Crippen molar-refractivity contribution in [3.05, 3.63) is 11.1 Å². The average Bonchev–Trinajstić information content (AvgIpc) is 2.76. The van der Waals surface area contributed by atoms with E-state index in [1.54, 1.807) is 0 Å². The number of amides is 1. The van der Waals surface area contributed by atoms with Crippen LogP contribution in [0.5, 0.6) is 0 Å². The van der Waals surface area contributed by atoms with Crippen molar-refractivity contribution in [3.8, 4) is 0 Å². The van der Waals surface area contributed by atoms with Gasteiger partial charge in [-0.2, -0.15) is 0 Å². The summed E-state index contributed by atoms with van der Waals surface area (Å²) in [6.07, 6.45) is -0.688. The van der Waals surface area contributed by atoms with Crippen LogP contribution in [0.1, 0.15) is 10.5 Å². The molecule has 2 N–H and O–H groups in total. The number of hydrogen-bond donors (Lipinski definition) is 2. The zero-order valence-corrected chi connectivity index (χ0v) is 10.6. The molecule has 1 amide bonds. The molecular formula is C8H9N3O4S2. The van der Waals surface area contributed by atoms with E-state index < -0.39 is 12.1 Å². The average molecular weight is 275 g/mol. The Morgan fingerprint density at radius 3 is 2.71 bits per heavy atom. The van der Waals surface area contributed by atoms with Gasteiger partial charge in [0, 0.05) is 5.38 Å². The number of thiazole rings is 1. The molecule has 1 heterocycles. The van der Waals surface area contributed by atoms with E-state index in [1.807, 2.05) is 0 Å². The second-order valence-corrected chi connectivity index (χ2v) is 3.87. The Labute approximate surface area is 106 Å². The summed E-state index contributed by atoms with van der Waals surface area (Å²) in [7, 11) is 2.48. The Balaban J connectivity index is 2.57. The second kappa shape index (κ2) is 6.11. The molecular weight excluding hydrogens is 266 g/mol. The van der Waals surface area contributed by atoms with Gasteiger partial charge >= 0.3 is 12.1 Å². The van der Waals surface area contributed by atoms with Gasteiger partial charge in [0.1, 0.15) is 0 Å². The number of ether oxygens (including phenoxy) is 2. The van der Waals surface area contributed by atoms with Crippen LogP contribution in [0.25, 0.3) is 0 Å². The highest BCUT2D eigenvalue weighted by atomic mass is 32.1. The summed E-state index contributed by atoms with van der Waals surface area (Å²) in [6.45, 7) is 0. The van der Waals surface area contributed by atoms with Crippen molar-refractivity contribution in [3.63, 3.8) is 0 Å². The molecule has 0 bridgehead atoms. The highest BCUT2D eigenvalue weighted by Crippen LogP contribution is 2.15. The number of rotatable bonds is 2. The number of alkyl carbamates (subject to hydrolysis) is 1. The molecule has 0 unspecified atom stereocenters. The van der Waals surface area contributed by atoms with E-state index in [0.29, 0.717) is 5.13 Å². The number of esters is 1. The number of carbonyl (C=O) groups excluding carboxylic acids is 2. The third-order valence-corrected chi connectivity index (χ3v) is 2.48. The smallest absolute Gasteiger partial charge is 0.413 e. The monoisotopic (exact) mass is 275 g/mol. The van der Waals surface area contributed by atoms with Crippen LogP contribution < -0.4 is 10.6 Å². The summed E-state index contributed by atoms with van der Waals surface area (Å²) < 4.78 is 8.84. The molecule has 1 rings (SSSR count). The number of anilines is 1. The normalized spacial score (nSPS) is 9.29.